The van der Waals surface area contributed by atoms with E-state index in [4.69, 9.17) is 21.3 Å². The molecule has 6 nitrogen and oxygen atoms in total. The second kappa shape index (κ2) is 10.8. The molecule has 2 aromatic rings. The van der Waals surface area contributed by atoms with Crippen molar-refractivity contribution in [1.82, 2.24) is 20.5 Å². The predicted molar refractivity (Wildman–Crippen MR) is 116 cm³/mol. The number of benzene rings is 1. The van der Waals surface area contributed by atoms with Crippen molar-refractivity contribution in [3.63, 3.8) is 0 Å². The maximum absolute atomic E-state index is 6.52. The maximum atomic E-state index is 6.52. The van der Waals surface area contributed by atoms with Crippen LogP contribution >= 0.6 is 22.9 Å². The number of rotatable bonds is 7. The number of aromatic nitrogens is 1. The number of thiazole rings is 1. The number of nitrogens with zero attached hydrogens (tertiary/aromatic N) is 3. The van der Waals surface area contributed by atoms with Crippen molar-refractivity contribution in [3.8, 4) is 0 Å². The van der Waals surface area contributed by atoms with Gasteiger partial charge >= 0.3 is 0 Å². The van der Waals surface area contributed by atoms with Crippen LogP contribution in [0.5, 0.6) is 0 Å². The van der Waals surface area contributed by atoms with E-state index in [1.165, 1.54) is 4.88 Å². The second-order valence-electron chi connectivity index (χ2n) is 6.63. The zero-order chi connectivity index (χ0) is 19.8. The molecule has 0 radical (unpaired) electrons. The van der Waals surface area contributed by atoms with E-state index < -0.39 is 0 Å². The summed E-state index contributed by atoms with van der Waals surface area (Å²) >= 11 is 8.20. The van der Waals surface area contributed by atoms with Crippen LogP contribution in [-0.2, 0) is 11.3 Å². The molecule has 0 saturated carbocycles. The van der Waals surface area contributed by atoms with Gasteiger partial charge in [-0.1, -0.05) is 29.8 Å². The third-order valence-corrected chi connectivity index (χ3v) is 5.84. The minimum absolute atomic E-state index is 0.156. The molecule has 0 aliphatic carbocycles. The number of guanidine groups is 1. The third kappa shape index (κ3) is 5.91. The van der Waals surface area contributed by atoms with Gasteiger partial charge in [-0.2, -0.15) is 0 Å². The zero-order valence-corrected chi connectivity index (χ0v) is 18.0. The number of hydrogen-bond donors (Lipinski definition) is 2. The van der Waals surface area contributed by atoms with Crippen LogP contribution in [-0.4, -0.2) is 55.2 Å². The molecule has 8 heteroatoms. The van der Waals surface area contributed by atoms with Crippen LogP contribution in [0.4, 0.5) is 0 Å². The average molecular weight is 422 g/mol. The molecule has 2 heterocycles. The Labute approximate surface area is 176 Å². The van der Waals surface area contributed by atoms with Crippen LogP contribution in [0.1, 0.15) is 28.4 Å². The SMILES string of the molecule is CCNC(=NCc1ncc(C)s1)NCC(c1ccccc1Cl)N1CCOCC1. The Morgan fingerprint density at radius 3 is 2.79 bits per heavy atom. The molecule has 1 saturated heterocycles. The average Bonchev–Trinajstić information content (AvgIpc) is 3.13. The molecule has 0 amide bonds. The van der Waals surface area contributed by atoms with Crippen LogP contribution in [0.25, 0.3) is 0 Å². The molecule has 1 aromatic carbocycles. The first kappa shape index (κ1) is 21.0. The normalized spacial score (nSPS) is 16.8. The number of nitrogens with one attached hydrogen (secondary N) is 2. The molecule has 3 rings (SSSR count). The third-order valence-electron chi connectivity index (χ3n) is 4.60. The Bertz CT molecular complexity index is 775. The highest BCUT2D eigenvalue weighted by molar-refractivity contribution is 7.11. The van der Waals surface area contributed by atoms with Crippen LogP contribution in [0.2, 0.25) is 5.02 Å². The lowest BCUT2D eigenvalue weighted by Crippen LogP contribution is -2.46. The predicted octanol–water partition coefficient (Wildman–Crippen LogP) is 3.23. The molecule has 1 atom stereocenters. The highest BCUT2D eigenvalue weighted by Gasteiger charge is 2.24. The number of morpholine rings is 1. The fourth-order valence-electron chi connectivity index (χ4n) is 3.23. The molecule has 1 fully saturated rings. The minimum Gasteiger partial charge on any atom is -0.379 e. The van der Waals surface area contributed by atoms with E-state index in [0.29, 0.717) is 13.1 Å². The van der Waals surface area contributed by atoms with E-state index in [9.17, 15) is 0 Å². The summed E-state index contributed by atoms with van der Waals surface area (Å²) in [5, 5.41) is 8.63. The largest absolute Gasteiger partial charge is 0.379 e. The van der Waals surface area contributed by atoms with Crippen molar-refractivity contribution in [2.24, 2.45) is 4.99 Å². The second-order valence-corrected chi connectivity index (χ2v) is 8.35. The number of halogens is 1. The van der Waals surface area contributed by atoms with Crippen molar-refractivity contribution in [2.75, 3.05) is 39.4 Å². The lowest BCUT2D eigenvalue weighted by atomic mass is 10.0. The molecule has 2 N–H and O–H groups in total. The highest BCUT2D eigenvalue weighted by atomic mass is 35.5. The summed E-state index contributed by atoms with van der Waals surface area (Å²) in [5.74, 6) is 0.792. The maximum Gasteiger partial charge on any atom is 0.191 e. The minimum atomic E-state index is 0.156. The quantitative estimate of drug-likeness (QED) is 0.531. The Morgan fingerprint density at radius 1 is 1.32 bits per heavy atom. The topological polar surface area (TPSA) is 61.8 Å². The molecule has 1 aliphatic heterocycles. The van der Waals surface area contributed by atoms with Crippen molar-refractivity contribution >= 4 is 28.9 Å². The van der Waals surface area contributed by atoms with Gasteiger partial charge < -0.3 is 15.4 Å². The summed E-state index contributed by atoms with van der Waals surface area (Å²) in [6.07, 6.45) is 1.89. The van der Waals surface area contributed by atoms with Gasteiger partial charge in [0.05, 0.1) is 25.8 Å². The molecule has 1 aliphatic rings. The molecular formula is C20H28ClN5OS. The Hall–Kier alpha value is -1.67. The fraction of sp³-hybridized carbons (Fsp3) is 0.500. The van der Waals surface area contributed by atoms with Crippen molar-refractivity contribution in [1.29, 1.82) is 0 Å². The highest BCUT2D eigenvalue weighted by Crippen LogP contribution is 2.27. The molecule has 1 unspecified atom stereocenters. The Morgan fingerprint density at radius 2 is 2.11 bits per heavy atom. The van der Waals surface area contributed by atoms with Crippen molar-refractivity contribution in [3.05, 3.63) is 50.9 Å². The van der Waals surface area contributed by atoms with Gasteiger partial charge in [0.25, 0.3) is 0 Å². The van der Waals surface area contributed by atoms with E-state index in [0.717, 1.165) is 54.4 Å². The fourth-order valence-corrected chi connectivity index (χ4v) is 4.20. The molecule has 28 heavy (non-hydrogen) atoms. The summed E-state index contributed by atoms with van der Waals surface area (Å²) in [4.78, 5) is 12.7. The summed E-state index contributed by atoms with van der Waals surface area (Å²) in [6.45, 7) is 9.50. The monoisotopic (exact) mass is 421 g/mol. The van der Waals surface area contributed by atoms with Gasteiger partial charge in [0, 0.05) is 42.3 Å². The van der Waals surface area contributed by atoms with E-state index >= 15 is 0 Å². The van der Waals surface area contributed by atoms with Crippen LogP contribution in [0, 0.1) is 6.92 Å². The molecule has 0 bridgehead atoms. The van der Waals surface area contributed by atoms with Gasteiger partial charge in [0.15, 0.2) is 5.96 Å². The van der Waals surface area contributed by atoms with Gasteiger partial charge in [0.1, 0.15) is 5.01 Å². The van der Waals surface area contributed by atoms with Gasteiger partial charge in [-0.15, -0.1) is 11.3 Å². The summed E-state index contributed by atoms with van der Waals surface area (Å²) in [7, 11) is 0. The number of aliphatic imine (C=N–C) groups is 1. The van der Waals surface area contributed by atoms with Gasteiger partial charge in [-0.05, 0) is 25.5 Å². The Kier molecular flexibility index (Phi) is 8.09. The lowest BCUT2D eigenvalue weighted by Gasteiger charge is -2.35. The van der Waals surface area contributed by atoms with E-state index in [1.807, 2.05) is 24.4 Å². The molecule has 1 aromatic heterocycles. The standard InChI is InChI=1S/C20H28ClN5OS/c1-3-22-20(25-14-19-23-12-15(2)28-19)24-13-18(26-8-10-27-11-9-26)16-6-4-5-7-17(16)21/h4-7,12,18H,3,8-11,13-14H2,1-2H3,(H2,22,24,25). The van der Waals surface area contributed by atoms with Crippen molar-refractivity contribution in [2.45, 2.75) is 26.4 Å². The first-order valence-electron chi connectivity index (χ1n) is 9.67. The van der Waals surface area contributed by atoms with Crippen LogP contribution < -0.4 is 10.6 Å². The van der Waals surface area contributed by atoms with Gasteiger partial charge in [-0.25, -0.2) is 9.98 Å². The molecule has 152 valence electrons. The molecule has 0 spiro atoms. The summed E-state index contributed by atoms with van der Waals surface area (Å²) < 4.78 is 5.53. The smallest absolute Gasteiger partial charge is 0.191 e. The first-order valence-corrected chi connectivity index (χ1v) is 10.9. The number of aryl methyl sites for hydroxylation is 1. The first-order chi connectivity index (χ1) is 13.7. The lowest BCUT2D eigenvalue weighted by molar-refractivity contribution is 0.0170. The van der Waals surface area contributed by atoms with Gasteiger partial charge in [-0.3, -0.25) is 4.90 Å². The van der Waals surface area contributed by atoms with Crippen LogP contribution in [0.3, 0.4) is 0 Å². The number of ether oxygens (including phenoxy) is 1. The van der Waals surface area contributed by atoms with Crippen molar-refractivity contribution < 1.29 is 4.74 Å². The van der Waals surface area contributed by atoms with E-state index in [2.05, 4.69) is 40.4 Å². The van der Waals surface area contributed by atoms with Crippen LogP contribution in [0.15, 0.2) is 35.5 Å². The molecular weight excluding hydrogens is 394 g/mol. The van der Waals surface area contributed by atoms with E-state index in [-0.39, 0.29) is 6.04 Å². The van der Waals surface area contributed by atoms with E-state index in [1.54, 1.807) is 11.3 Å². The van der Waals surface area contributed by atoms with Gasteiger partial charge in [0.2, 0.25) is 0 Å². The number of hydrogen-bond acceptors (Lipinski definition) is 5. The summed E-state index contributed by atoms with van der Waals surface area (Å²) in [6, 6.07) is 8.22. The zero-order valence-electron chi connectivity index (χ0n) is 16.4. The Balaban J connectivity index is 1.71. The summed E-state index contributed by atoms with van der Waals surface area (Å²) in [5.41, 5.74) is 1.13.